The first-order chi connectivity index (χ1) is 19.7. The van der Waals surface area contributed by atoms with Gasteiger partial charge in [0.1, 0.15) is 6.04 Å². The van der Waals surface area contributed by atoms with Crippen molar-refractivity contribution >= 4 is 34.2 Å². The molecule has 4 aromatic rings. The summed E-state index contributed by atoms with van der Waals surface area (Å²) in [4.78, 5) is 44.4. The van der Waals surface area contributed by atoms with Gasteiger partial charge in [-0.25, -0.2) is 0 Å². The molecular weight excluding hydrogens is 510 g/mol. The fourth-order valence-electron chi connectivity index (χ4n) is 5.52. The molecule has 210 valence electrons. The van der Waals surface area contributed by atoms with Crippen LogP contribution < -0.4 is 10.2 Å². The average molecular weight is 548 g/mol. The molecule has 1 heterocycles. The summed E-state index contributed by atoms with van der Waals surface area (Å²) in [5.74, 6) is -0.319. The summed E-state index contributed by atoms with van der Waals surface area (Å²) in [5, 5.41) is 5.11. The highest BCUT2D eigenvalue weighted by Crippen LogP contribution is 2.37. The van der Waals surface area contributed by atoms with E-state index in [1.54, 1.807) is 9.80 Å². The van der Waals surface area contributed by atoms with Gasteiger partial charge in [0.15, 0.2) is 0 Å². The van der Waals surface area contributed by atoms with Gasteiger partial charge in [-0.05, 0) is 55.8 Å². The molecule has 6 heteroatoms. The van der Waals surface area contributed by atoms with Crippen LogP contribution >= 0.6 is 0 Å². The van der Waals surface area contributed by atoms with Crippen molar-refractivity contribution in [3.05, 3.63) is 114 Å². The summed E-state index contributed by atoms with van der Waals surface area (Å²) in [7, 11) is 0. The number of carbonyl (C=O) groups excluding carboxylic acids is 3. The minimum Gasteiger partial charge on any atom is -0.350 e. The molecule has 0 spiro atoms. The van der Waals surface area contributed by atoms with Gasteiger partial charge in [0, 0.05) is 42.4 Å². The van der Waals surface area contributed by atoms with Crippen LogP contribution in [0.1, 0.15) is 55.1 Å². The third-order valence-electron chi connectivity index (χ3n) is 7.39. The van der Waals surface area contributed by atoms with Gasteiger partial charge in [-0.2, -0.15) is 0 Å². The van der Waals surface area contributed by atoms with E-state index < -0.39 is 11.6 Å². The van der Waals surface area contributed by atoms with Crippen LogP contribution in [0.2, 0.25) is 0 Å². The Morgan fingerprint density at radius 2 is 1.46 bits per heavy atom. The van der Waals surface area contributed by atoms with Crippen LogP contribution in [0.5, 0.6) is 0 Å². The highest BCUT2D eigenvalue weighted by atomic mass is 16.2. The van der Waals surface area contributed by atoms with E-state index in [-0.39, 0.29) is 24.1 Å². The number of hydrogen-bond donors (Lipinski definition) is 1. The fourth-order valence-corrected chi connectivity index (χ4v) is 5.52. The minimum absolute atomic E-state index is 0.0306. The van der Waals surface area contributed by atoms with E-state index in [1.807, 2.05) is 118 Å². The summed E-state index contributed by atoms with van der Waals surface area (Å²) in [6.45, 7) is 6.58. The Labute approximate surface area is 242 Å². The second-order valence-electron chi connectivity index (χ2n) is 11.7. The summed E-state index contributed by atoms with van der Waals surface area (Å²) in [6.07, 6.45) is 1.11. The Balaban J connectivity index is 1.37. The zero-order valence-electron chi connectivity index (χ0n) is 24.0. The molecule has 3 amide bonds. The standard InChI is InChI=1S/C35H37N3O3/c1-35(2,3)36-33(40)30(23-25-13-6-4-7-14-25)38(24-26-15-8-5-9-16-26)31(39)21-12-22-37-29-20-11-18-27-17-10-19-28(32(27)29)34(37)41/h4-11,13-20,30H,12,21-24H2,1-3H3,(H,36,40)/t30-/m1/s1. The van der Waals surface area contributed by atoms with Gasteiger partial charge in [-0.15, -0.1) is 0 Å². The van der Waals surface area contributed by atoms with Crippen molar-refractivity contribution in [3.63, 3.8) is 0 Å². The molecule has 0 saturated heterocycles. The predicted octanol–water partition coefficient (Wildman–Crippen LogP) is 6.14. The number of amides is 3. The van der Waals surface area contributed by atoms with E-state index >= 15 is 0 Å². The molecule has 0 radical (unpaired) electrons. The molecule has 4 aromatic carbocycles. The van der Waals surface area contributed by atoms with E-state index in [2.05, 4.69) is 5.32 Å². The van der Waals surface area contributed by atoms with Crippen molar-refractivity contribution in [1.82, 2.24) is 10.2 Å². The molecule has 1 N–H and O–H groups in total. The number of benzene rings is 4. The highest BCUT2D eigenvalue weighted by molar-refractivity contribution is 6.25. The third-order valence-corrected chi connectivity index (χ3v) is 7.39. The zero-order valence-corrected chi connectivity index (χ0v) is 24.0. The van der Waals surface area contributed by atoms with Gasteiger partial charge >= 0.3 is 0 Å². The summed E-state index contributed by atoms with van der Waals surface area (Å²) < 4.78 is 0. The number of carbonyl (C=O) groups is 3. The molecular formula is C35H37N3O3. The molecule has 0 unspecified atom stereocenters. The molecule has 1 atom stereocenters. The Morgan fingerprint density at radius 3 is 2.12 bits per heavy atom. The number of hydrogen-bond acceptors (Lipinski definition) is 3. The van der Waals surface area contributed by atoms with Crippen molar-refractivity contribution in [1.29, 1.82) is 0 Å². The van der Waals surface area contributed by atoms with E-state index in [9.17, 15) is 14.4 Å². The topological polar surface area (TPSA) is 69.7 Å². The highest BCUT2D eigenvalue weighted by Gasteiger charge is 2.33. The Bertz CT molecular complexity index is 1540. The number of nitrogens with one attached hydrogen (secondary N) is 1. The smallest absolute Gasteiger partial charge is 0.258 e. The van der Waals surface area contributed by atoms with Gasteiger partial charge in [-0.3, -0.25) is 14.4 Å². The molecule has 0 bridgehead atoms. The Kier molecular flexibility index (Phi) is 8.20. The van der Waals surface area contributed by atoms with Crippen LogP contribution in [0.15, 0.2) is 97.1 Å². The zero-order chi connectivity index (χ0) is 29.0. The lowest BCUT2D eigenvalue weighted by atomic mass is 10.00. The molecule has 1 aliphatic rings. The first kappa shape index (κ1) is 28.1. The van der Waals surface area contributed by atoms with Crippen LogP contribution in [-0.4, -0.2) is 40.7 Å². The van der Waals surface area contributed by atoms with Crippen LogP contribution in [0, 0.1) is 0 Å². The van der Waals surface area contributed by atoms with Gasteiger partial charge in [0.25, 0.3) is 5.91 Å². The van der Waals surface area contributed by atoms with Gasteiger partial charge < -0.3 is 15.1 Å². The van der Waals surface area contributed by atoms with Crippen molar-refractivity contribution < 1.29 is 14.4 Å². The van der Waals surface area contributed by atoms with Crippen LogP contribution in [0.25, 0.3) is 10.8 Å². The minimum atomic E-state index is -0.684. The summed E-state index contributed by atoms with van der Waals surface area (Å²) in [6, 6.07) is 30.6. The lowest BCUT2D eigenvalue weighted by molar-refractivity contribution is -0.142. The number of anilines is 1. The maximum absolute atomic E-state index is 14.0. The molecule has 1 aliphatic heterocycles. The monoisotopic (exact) mass is 547 g/mol. The number of nitrogens with zero attached hydrogens (tertiary/aromatic N) is 2. The molecule has 5 rings (SSSR count). The Hall–Kier alpha value is -4.45. The largest absolute Gasteiger partial charge is 0.350 e. The average Bonchev–Trinajstić information content (AvgIpc) is 3.23. The van der Waals surface area contributed by atoms with E-state index in [0.717, 1.165) is 27.6 Å². The third kappa shape index (κ3) is 6.49. The molecule has 6 nitrogen and oxygen atoms in total. The van der Waals surface area contributed by atoms with Gasteiger partial charge in [0.05, 0.1) is 5.69 Å². The van der Waals surface area contributed by atoms with E-state index in [0.29, 0.717) is 31.5 Å². The van der Waals surface area contributed by atoms with Crippen LogP contribution in [0.4, 0.5) is 5.69 Å². The SMILES string of the molecule is CC(C)(C)NC(=O)[C@@H](Cc1ccccc1)N(Cc1ccccc1)C(=O)CCCN1C(=O)c2cccc3cccc1c23. The molecule has 0 fully saturated rings. The lowest BCUT2D eigenvalue weighted by Crippen LogP contribution is -2.54. The predicted molar refractivity (Wildman–Crippen MR) is 164 cm³/mol. The van der Waals surface area contributed by atoms with Gasteiger partial charge in [-0.1, -0.05) is 84.9 Å². The van der Waals surface area contributed by atoms with Crippen LogP contribution in [-0.2, 0) is 22.6 Å². The van der Waals surface area contributed by atoms with E-state index in [4.69, 9.17) is 0 Å². The van der Waals surface area contributed by atoms with Crippen molar-refractivity contribution in [3.8, 4) is 0 Å². The first-order valence-electron chi connectivity index (χ1n) is 14.2. The maximum atomic E-state index is 14.0. The van der Waals surface area contributed by atoms with Crippen LogP contribution in [0.3, 0.4) is 0 Å². The molecule has 0 saturated carbocycles. The fraction of sp³-hybridized carbons (Fsp3) is 0.286. The van der Waals surface area contributed by atoms with Gasteiger partial charge in [0.2, 0.25) is 11.8 Å². The quantitative estimate of drug-likeness (QED) is 0.260. The summed E-state index contributed by atoms with van der Waals surface area (Å²) >= 11 is 0. The summed E-state index contributed by atoms with van der Waals surface area (Å²) in [5.41, 5.74) is 3.10. The second-order valence-corrected chi connectivity index (χ2v) is 11.7. The lowest BCUT2D eigenvalue weighted by Gasteiger charge is -2.34. The molecule has 41 heavy (non-hydrogen) atoms. The van der Waals surface area contributed by atoms with Crippen molar-refractivity contribution in [2.24, 2.45) is 0 Å². The maximum Gasteiger partial charge on any atom is 0.258 e. The van der Waals surface area contributed by atoms with Crippen molar-refractivity contribution in [2.45, 2.75) is 58.2 Å². The van der Waals surface area contributed by atoms with Crippen molar-refractivity contribution in [2.75, 3.05) is 11.4 Å². The normalized spacial score (nSPS) is 13.3. The number of rotatable bonds is 10. The Morgan fingerprint density at radius 1 is 0.829 bits per heavy atom. The second kappa shape index (κ2) is 12.0. The first-order valence-corrected chi connectivity index (χ1v) is 14.2. The molecule has 0 aliphatic carbocycles. The van der Waals surface area contributed by atoms with E-state index in [1.165, 1.54) is 0 Å². The molecule has 0 aromatic heterocycles.